The first kappa shape index (κ1) is 23.9. The summed E-state index contributed by atoms with van der Waals surface area (Å²) < 4.78 is 33.4. The highest BCUT2D eigenvalue weighted by molar-refractivity contribution is 6.31. The summed E-state index contributed by atoms with van der Waals surface area (Å²) >= 11 is 5.88. The van der Waals surface area contributed by atoms with E-state index in [9.17, 15) is 13.6 Å². The van der Waals surface area contributed by atoms with Crippen LogP contribution in [0.2, 0.25) is 5.02 Å². The van der Waals surface area contributed by atoms with Crippen LogP contribution in [0.15, 0.2) is 48.7 Å². The Bertz CT molecular complexity index is 1210. The molecular formula is C25H25ClF2N4O2. The number of piperazine rings is 1. The van der Waals surface area contributed by atoms with Crippen molar-refractivity contribution in [3.05, 3.63) is 76.4 Å². The van der Waals surface area contributed by atoms with E-state index < -0.39 is 11.6 Å². The smallest absolute Gasteiger partial charge is 0.253 e. The Morgan fingerprint density at radius 2 is 1.85 bits per heavy atom. The molecule has 1 aromatic heterocycles. The van der Waals surface area contributed by atoms with E-state index in [1.54, 1.807) is 30.5 Å². The number of nitrogen functional groups attached to an aromatic ring is 1. The monoisotopic (exact) mass is 486 g/mol. The zero-order chi connectivity index (χ0) is 24.4. The average Bonchev–Trinajstić information content (AvgIpc) is 2.81. The van der Waals surface area contributed by atoms with Gasteiger partial charge in [0.2, 0.25) is 0 Å². The highest BCUT2D eigenvalue weighted by Gasteiger charge is 2.25. The number of amides is 1. The zero-order valence-corrected chi connectivity index (χ0v) is 19.6. The largest absolute Gasteiger partial charge is 0.485 e. The normalized spacial score (nSPS) is 18.1. The predicted molar refractivity (Wildman–Crippen MR) is 128 cm³/mol. The molecule has 2 aromatic carbocycles. The van der Waals surface area contributed by atoms with Gasteiger partial charge in [-0.3, -0.25) is 4.79 Å². The quantitative estimate of drug-likeness (QED) is 0.512. The number of nitrogens with two attached hydrogens (primary N) is 1. The molecule has 4 rings (SSSR count). The summed E-state index contributed by atoms with van der Waals surface area (Å²) in [5.41, 5.74) is 7.79. The number of carbonyl (C=O) groups excluding carboxylic acids is 1. The van der Waals surface area contributed by atoms with E-state index in [1.165, 1.54) is 0 Å². The summed E-state index contributed by atoms with van der Waals surface area (Å²) in [6.45, 7) is 5.05. The second kappa shape index (κ2) is 9.95. The SMILES string of the molecule is C[C@@H]1CN(C(=O)c2cccc(-c3cnc(N)c(OCc4c(F)ccc(F)c4Cl)c3)c2)C[C@H](C)N1. The van der Waals surface area contributed by atoms with Gasteiger partial charge >= 0.3 is 0 Å². The molecule has 6 nitrogen and oxygen atoms in total. The minimum atomic E-state index is -0.740. The fourth-order valence-electron chi connectivity index (χ4n) is 4.09. The van der Waals surface area contributed by atoms with E-state index in [1.807, 2.05) is 11.0 Å². The third-order valence-electron chi connectivity index (χ3n) is 5.68. The van der Waals surface area contributed by atoms with Gasteiger partial charge in [0.15, 0.2) is 11.6 Å². The molecule has 2 heterocycles. The maximum absolute atomic E-state index is 14.1. The number of hydrogen-bond acceptors (Lipinski definition) is 5. The van der Waals surface area contributed by atoms with Crippen LogP contribution < -0.4 is 15.8 Å². The van der Waals surface area contributed by atoms with Crippen molar-refractivity contribution in [3.63, 3.8) is 0 Å². The lowest BCUT2D eigenvalue weighted by atomic mass is 10.0. The second-order valence-corrected chi connectivity index (χ2v) is 8.86. The summed E-state index contributed by atoms with van der Waals surface area (Å²) in [6, 6.07) is 11.2. The topological polar surface area (TPSA) is 80.5 Å². The van der Waals surface area contributed by atoms with E-state index in [0.717, 1.165) is 17.7 Å². The van der Waals surface area contributed by atoms with Crippen LogP contribution in [-0.2, 0) is 6.61 Å². The number of aromatic nitrogens is 1. The van der Waals surface area contributed by atoms with Crippen molar-refractivity contribution >= 4 is 23.3 Å². The van der Waals surface area contributed by atoms with Gasteiger partial charge in [-0.25, -0.2) is 13.8 Å². The van der Waals surface area contributed by atoms with Gasteiger partial charge < -0.3 is 20.7 Å². The summed E-state index contributed by atoms with van der Waals surface area (Å²) in [4.78, 5) is 19.1. The van der Waals surface area contributed by atoms with Gasteiger partial charge in [0.25, 0.3) is 5.91 Å². The molecule has 0 saturated carbocycles. The number of anilines is 1. The number of nitrogens with one attached hydrogen (secondary N) is 1. The molecule has 9 heteroatoms. The first-order valence-corrected chi connectivity index (χ1v) is 11.3. The molecular weight excluding hydrogens is 462 g/mol. The third kappa shape index (κ3) is 5.13. The lowest BCUT2D eigenvalue weighted by Crippen LogP contribution is -2.55. The van der Waals surface area contributed by atoms with Gasteiger partial charge in [0.05, 0.1) is 5.02 Å². The van der Waals surface area contributed by atoms with Gasteiger partial charge in [0, 0.05) is 48.1 Å². The van der Waals surface area contributed by atoms with Crippen LogP contribution in [0.3, 0.4) is 0 Å². The number of benzene rings is 2. The molecule has 0 unspecified atom stereocenters. The van der Waals surface area contributed by atoms with Crippen molar-refractivity contribution in [2.45, 2.75) is 32.5 Å². The van der Waals surface area contributed by atoms with Crippen molar-refractivity contribution in [1.29, 1.82) is 0 Å². The summed E-state index contributed by atoms with van der Waals surface area (Å²) in [5, 5.41) is 3.08. The first-order chi connectivity index (χ1) is 16.2. The van der Waals surface area contributed by atoms with Gasteiger partial charge in [-0.2, -0.15) is 0 Å². The highest BCUT2D eigenvalue weighted by Crippen LogP contribution is 2.30. The summed E-state index contributed by atoms with van der Waals surface area (Å²) in [6.07, 6.45) is 1.57. The average molecular weight is 487 g/mol. The Morgan fingerprint density at radius 1 is 1.15 bits per heavy atom. The molecule has 1 fully saturated rings. The number of hydrogen-bond donors (Lipinski definition) is 2. The molecule has 1 saturated heterocycles. The third-order valence-corrected chi connectivity index (χ3v) is 6.09. The van der Waals surface area contributed by atoms with Crippen molar-refractivity contribution in [3.8, 4) is 16.9 Å². The molecule has 1 amide bonds. The second-order valence-electron chi connectivity index (χ2n) is 8.48. The maximum Gasteiger partial charge on any atom is 0.253 e. The minimum Gasteiger partial charge on any atom is -0.485 e. The van der Waals surface area contributed by atoms with Crippen molar-refractivity contribution in [2.75, 3.05) is 18.8 Å². The van der Waals surface area contributed by atoms with Crippen LogP contribution >= 0.6 is 11.6 Å². The highest BCUT2D eigenvalue weighted by atomic mass is 35.5. The molecule has 1 aliphatic rings. The first-order valence-electron chi connectivity index (χ1n) is 10.9. The van der Waals surface area contributed by atoms with Crippen LogP contribution in [0.5, 0.6) is 5.75 Å². The fourth-order valence-corrected chi connectivity index (χ4v) is 4.29. The number of ether oxygens (including phenoxy) is 1. The lowest BCUT2D eigenvalue weighted by molar-refractivity contribution is 0.0674. The zero-order valence-electron chi connectivity index (χ0n) is 18.8. The molecule has 0 aliphatic carbocycles. The number of halogens is 3. The van der Waals surface area contributed by atoms with E-state index in [-0.39, 0.29) is 46.8 Å². The van der Waals surface area contributed by atoms with Crippen molar-refractivity contribution in [1.82, 2.24) is 15.2 Å². The van der Waals surface area contributed by atoms with Gasteiger partial charge in [-0.1, -0.05) is 23.7 Å². The van der Waals surface area contributed by atoms with E-state index >= 15 is 0 Å². The van der Waals surface area contributed by atoms with Gasteiger partial charge in [-0.05, 0) is 49.7 Å². The number of nitrogens with zero attached hydrogens (tertiary/aromatic N) is 2. The molecule has 2 atom stereocenters. The van der Waals surface area contributed by atoms with Crippen molar-refractivity contribution < 1.29 is 18.3 Å². The number of carbonyl (C=O) groups is 1. The molecule has 0 bridgehead atoms. The van der Waals surface area contributed by atoms with E-state index in [0.29, 0.717) is 24.2 Å². The van der Waals surface area contributed by atoms with Gasteiger partial charge in [0.1, 0.15) is 18.2 Å². The Balaban J connectivity index is 1.56. The Labute approximate surface area is 201 Å². The summed E-state index contributed by atoms with van der Waals surface area (Å²) in [5.74, 6) is -1.18. The van der Waals surface area contributed by atoms with Crippen LogP contribution in [-0.4, -0.2) is 41.0 Å². The number of rotatable bonds is 5. The lowest BCUT2D eigenvalue weighted by Gasteiger charge is -2.36. The van der Waals surface area contributed by atoms with E-state index in [4.69, 9.17) is 22.1 Å². The molecule has 34 heavy (non-hydrogen) atoms. The van der Waals surface area contributed by atoms with Crippen LogP contribution in [0.25, 0.3) is 11.1 Å². The molecule has 178 valence electrons. The Hall–Kier alpha value is -3.23. The predicted octanol–water partition coefficient (Wildman–Crippen LogP) is 4.66. The molecule has 3 aromatic rings. The number of pyridine rings is 1. The van der Waals surface area contributed by atoms with Crippen LogP contribution in [0, 0.1) is 11.6 Å². The molecule has 0 spiro atoms. The fraction of sp³-hybridized carbons (Fsp3) is 0.280. The standard InChI is InChI=1S/C25H25ClF2N4O2/c1-14-11-32(12-15(2)31-14)25(33)17-5-3-4-16(8-17)18-9-22(24(29)30-10-18)34-13-19-20(27)6-7-21(28)23(19)26/h3-10,14-15,31H,11-13H2,1-2H3,(H2,29,30)/t14-,15+. The molecule has 1 aliphatic heterocycles. The maximum atomic E-state index is 14.1. The summed E-state index contributed by atoms with van der Waals surface area (Å²) in [7, 11) is 0. The van der Waals surface area contributed by atoms with Crippen molar-refractivity contribution in [2.24, 2.45) is 0 Å². The minimum absolute atomic E-state index is 0.0434. The molecule has 0 radical (unpaired) electrons. The Kier molecular flexibility index (Phi) is 7.00. The van der Waals surface area contributed by atoms with E-state index in [2.05, 4.69) is 24.1 Å². The Morgan fingerprint density at radius 3 is 2.59 bits per heavy atom. The molecule has 3 N–H and O–H groups in total. The van der Waals surface area contributed by atoms with Crippen LogP contribution in [0.4, 0.5) is 14.6 Å². The van der Waals surface area contributed by atoms with Gasteiger partial charge in [-0.15, -0.1) is 0 Å². The van der Waals surface area contributed by atoms with Crippen LogP contribution in [0.1, 0.15) is 29.8 Å².